The Kier molecular flexibility index (Phi) is 4.14. The average molecular weight is 343 g/mol. The minimum atomic E-state index is -0.606. The predicted octanol–water partition coefficient (Wildman–Crippen LogP) is 3.66. The van der Waals surface area contributed by atoms with Gasteiger partial charge in [-0.15, -0.1) is 0 Å². The number of benzene rings is 2. The first-order chi connectivity index (χ1) is 11.5. The highest BCUT2D eigenvalue weighted by atomic mass is 35.5. The van der Waals surface area contributed by atoms with Crippen LogP contribution in [0.4, 0.5) is 15.9 Å². The van der Waals surface area contributed by atoms with Gasteiger partial charge in [0.05, 0.1) is 10.5 Å². The highest BCUT2D eigenvalue weighted by Crippen LogP contribution is 2.27. The van der Waals surface area contributed by atoms with Gasteiger partial charge in [0, 0.05) is 16.6 Å². The number of aromatic nitrogens is 2. The number of amides is 1. The molecule has 0 atom stereocenters. The van der Waals surface area contributed by atoms with E-state index in [-0.39, 0.29) is 10.6 Å². The highest BCUT2D eigenvalue weighted by molar-refractivity contribution is 6.31. The molecule has 1 aromatic heterocycles. The minimum absolute atomic E-state index is 0.00107. The quantitative estimate of drug-likeness (QED) is 0.709. The molecule has 0 fully saturated rings. The Morgan fingerprint density at radius 1 is 1.21 bits per heavy atom. The third-order valence-electron chi connectivity index (χ3n) is 3.46. The first-order valence-corrected chi connectivity index (χ1v) is 7.29. The molecule has 2 aromatic carbocycles. The van der Waals surface area contributed by atoms with Gasteiger partial charge in [-0.25, -0.2) is 14.4 Å². The first-order valence-electron chi connectivity index (χ1n) is 6.91. The molecule has 0 saturated heterocycles. The lowest BCUT2D eigenvalue weighted by molar-refractivity contribution is -0.112. The standard InChI is InChI=1S/C17H12ClFN4O/c1-9(16(20)24)10-2-5-15-12(6-10)17(22-8-21-15)23-11-3-4-14(19)13(18)7-11/h2-8H,1H2,(H2,20,24)(H,21,22,23). The second-order valence-electron chi connectivity index (χ2n) is 5.05. The minimum Gasteiger partial charge on any atom is -0.366 e. The van der Waals surface area contributed by atoms with Crippen LogP contribution in [0, 0.1) is 5.82 Å². The van der Waals surface area contributed by atoms with E-state index in [1.54, 1.807) is 24.3 Å². The Morgan fingerprint density at radius 2 is 2.00 bits per heavy atom. The zero-order valence-corrected chi connectivity index (χ0v) is 13.1. The second kappa shape index (κ2) is 6.25. The number of halogens is 2. The summed E-state index contributed by atoms with van der Waals surface area (Å²) < 4.78 is 13.3. The molecule has 3 rings (SSSR count). The van der Waals surface area contributed by atoms with Crippen LogP contribution in [0.1, 0.15) is 5.56 Å². The van der Waals surface area contributed by atoms with Crippen LogP contribution in [0.2, 0.25) is 5.02 Å². The van der Waals surface area contributed by atoms with Gasteiger partial charge in [-0.3, -0.25) is 4.79 Å². The highest BCUT2D eigenvalue weighted by Gasteiger charge is 2.10. The molecule has 120 valence electrons. The summed E-state index contributed by atoms with van der Waals surface area (Å²) in [6, 6.07) is 9.42. The lowest BCUT2D eigenvalue weighted by Gasteiger charge is -2.10. The molecular formula is C17H12ClFN4O. The molecule has 1 amide bonds. The van der Waals surface area contributed by atoms with Gasteiger partial charge in [-0.2, -0.15) is 0 Å². The monoisotopic (exact) mass is 342 g/mol. The number of hydrogen-bond acceptors (Lipinski definition) is 4. The lowest BCUT2D eigenvalue weighted by Crippen LogP contribution is -2.11. The molecule has 0 aliphatic heterocycles. The van der Waals surface area contributed by atoms with E-state index in [1.165, 1.54) is 18.5 Å². The van der Waals surface area contributed by atoms with Crippen LogP contribution in [0.5, 0.6) is 0 Å². The van der Waals surface area contributed by atoms with E-state index in [0.29, 0.717) is 28.0 Å². The van der Waals surface area contributed by atoms with Gasteiger partial charge in [-0.1, -0.05) is 24.2 Å². The molecule has 3 aromatic rings. The van der Waals surface area contributed by atoms with Gasteiger partial charge < -0.3 is 11.1 Å². The number of nitrogens with one attached hydrogen (secondary N) is 1. The molecule has 0 radical (unpaired) electrons. The average Bonchev–Trinajstić information content (AvgIpc) is 2.57. The number of nitrogens with zero attached hydrogens (tertiary/aromatic N) is 2. The van der Waals surface area contributed by atoms with E-state index in [1.807, 2.05) is 0 Å². The molecule has 1 heterocycles. The van der Waals surface area contributed by atoms with Crippen LogP contribution in [-0.4, -0.2) is 15.9 Å². The zero-order chi connectivity index (χ0) is 17.3. The number of nitrogens with two attached hydrogens (primary N) is 1. The van der Waals surface area contributed by atoms with Crippen molar-refractivity contribution in [1.82, 2.24) is 9.97 Å². The molecule has 0 bridgehead atoms. The fourth-order valence-corrected chi connectivity index (χ4v) is 2.38. The normalized spacial score (nSPS) is 10.6. The maximum Gasteiger partial charge on any atom is 0.248 e. The molecular weight excluding hydrogens is 331 g/mol. The van der Waals surface area contributed by atoms with Crippen molar-refractivity contribution in [3.8, 4) is 0 Å². The number of fused-ring (bicyclic) bond motifs is 1. The van der Waals surface area contributed by atoms with Crippen molar-refractivity contribution in [3.63, 3.8) is 0 Å². The smallest absolute Gasteiger partial charge is 0.248 e. The van der Waals surface area contributed by atoms with Crippen molar-refractivity contribution in [2.75, 3.05) is 5.32 Å². The summed E-state index contributed by atoms with van der Waals surface area (Å²) >= 11 is 5.79. The Hall–Kier alpha value is -2.99. The van der Waals surface area contributed by atoms with Gasteiger partial charge in [-0.05, 0) is 35.9 Å². The zero-order valence-electron chi connectivity index (χ0n) is 12.4. The fraction of sp³-hybridized carbons (Fsp3) is 0. The third-order valence-corrected chi connectivity index (χ3v) is 3.75. The van der Waals surface area contributed by atoms with Crippen LogP contribution in [0.3, 0.4) is 0 Å². The number of primary amides is 1. The predicted molar refractivity (Wildman–Crippen MR) is 92.5 cm³/mol. The van der Waals surface area contributed by atoms with Crippen molar-refractivity contribution in [2.45, 2.75) is 0 Å². The van der Waals surface area contributed by atoms with Crippen molar-refractivity contribution in [1.29, 1.82) is 0 Å². The van der Waals surface area contributed by atoms with Crippen molar-refractivity contribution in [3.05, 3.63) is 65.7 Å². The Morgan fingerprint density at radius 3 is 2.71 bits per heavy atom. The van der Waals surface area contributed by atoms with Crippen molar-refractivity contribution < 1.29 is 9.18 Å². The van der Waals surface area contributed by atoms with Gasteiger partial charge >= 0.3 is 0 Å². The number of hydrogen-bond donors (Lipinski definition) is 2. The summed E-state index contributed by atoms with van der Waals surface area (Å²) in [5.74, 6) is -0.623. The summed E-state index contributed by atoms with van der Waals surface area (Å²) in [5.41, 5.74) is 7.27. The van der Waals surface area contributed by atoms with Gasteiger partial charge in [0.15, 0.2) is 0 Å². The fourth-order valence-electron chi connectivity index (χ4n) is 2.20. The molecule has 24 heavy (non-hydrogen) atoms. The van der Waals surface area contributed by atoms with Crippen molar-refractivity contribution in [2.24, 2.45) is 5.73 Å². The second-order valence-corrected chi connectivity index (χ2v) is 5.46. The number of carbonyl (C=O) groups excluding carboxylic acids is 1. The SMILES string of the molecule is C=C(C(N)=O)c1ccc2ncnc(Nc3ccc(F)c(Cl)c3)c2c1. The number of carbonyl (C=O) groups is 1. The summed E-state index contributed by atoms with van der Waals surface area (Å²) in [6.07, 6.45) is 1.40. The van der Waals surface area contributed by atoms with Gasteiger partial charge in [0.1, 0.15) is 18.0 Å². The lowest BCUT2D eigenvalue weighted by atomic mass is 10.0. The van der Waals surface area contributed by atoms with E-state index < -0.39 is 11.7 Å². The van der Waals surface area contributed by atoms with Crippen molar-refractivity contribution >= 4 is 45.5 Å². The summed E-state index contributed by atoms with van der Waals surface area (Å²) in [7, 11) is 0. The first kappa shape index (κ1) is 15.9. The van der Waals surface area contributed by atoms with Gasteiger partial charge in [0.25, 0.3) is 0 Å². The summed E-state index contributed by atoms with van der Waals surface area (Å²) in [5, 5.41) is 3.73. The molecule has 0 spiro atoms. The summed E-state index contributed by atoms with van der Waals surface area (Å²) in [4.78, 5) is 19.7. The van der Waals surface area contributed by atoms with Crippen LogP contribution >= 0.6 is 11.6 Å². The Labute approximate surface area is 142 Å². The molecule has 7 heteroatoms. The summed E-state index contributed by atoms with van der Waals surface area (Å²) in [6.45, 7) is 3.67. The molecule has 0 aliphatic carbocycles. The molecule has 0 unspecified atom stereocenters. The maximum absolute atomic E-state index is 13.3. The Balaban J connectivity index is 2.06. The van der Waals surface area contributed by atoms with E-state index in [9.17, 15) is 9.18 Å². The molecule has 5 nitrogen and oxygen atoms in total. The van der Waals surface area contributed by atoms with Crippen LogP contribution < -0.4 is 11.1 Å². The molecule has 0 aliphatic rings. The van der Waals surface area contributed by atoms with Gasteiger partial charge in [0.2, 0.25) is 5.91 Å². The largest absolute Gasteiger partial charge is 0.366 e. The van der Waals surface area contributed by atoms with Crippen LogP contribution in [0.15, 0.2) is 49.3 Å². The van der Waals surface area contributed by atoms with Crippen LogP contribution in [0.25, 0.3) is 16.5 Å². The molecule has 3 N–H and O–H groups in total. The topological polar surface area (TPSA) is 80.9 Å². The third kappa shape index (κ3) is 3.04. The van der Waals surface area contributed by atoms with E-state index >= 15 is 0 Å². The number of anilines is 2. The number of rotatable bonds is 4. The van der Waals surface area contributed by atoms with E-state index in [0.717, 1.165) is 0 Å². The van der Waals surface area contributed by atoms with E-state index in [4.69, 9.17) is 17.3 Å². The maximum atomic E-state index is 13.3. The Bertz CT molecular complexity index is 974. The molecule has 0 saturated carbocycles. The van der Waals surface area contributed by atoms with E-state index in [2.05, 4.69) is 21.9 Å². The van der Waals surface area contributed by atoms with Crippen LogP contribution in [-0.2, 0) is 4.79 Å².